The molecular weight excluding hydrogens is 477 g/mol. The number of nitrogens with one attached hydrogen (secondary N) is 1. The van der Waals surface area contributed by atoms with E-state index in [9.17, 15) is 14.0 Å². The third kappa shape index (κ3) is 5.25. The Hall–Kier alpha value is -5.19. The summed E-state index contributed by atoms with van der Waals surface area (Å²) in [6.07, 6.45) is 7.03. The van der Waals surface area contributed by atoms with E-state index in [1.54, 1.807) is 23.3 Å². The first kappa shape index (κ1) is 23.5. The summed E-state index contributed by atoms with van der Waals surface area (Å²) in [5.41, 5.74) is 3.20. The zero-order valence-electron chi connectivity index (χ0n) is 19.5. The number of anilines is 2. The van der Waals surface area contributed by atoms with E-state index >= 15 is 0 Å². The molecule has 5 rings (SSSR count). The Labute approximate surface area is 209 Å². The summed E-state index contributed by atoms with van der Waals surface area (Å²) in [6.45, 7) is 0.165. The van der Waals surface area contributed by atoms with E-state index in [0.717, 1.165) is 28.4 Å². The largest absolute Gasteiger partial charge is 0.478 e. The Morgan fingerprint density at radius 2 is 1.81 bits per heavy atom. The average Bonchev–Trinajstić information content (AvgIpc) is 3.32. The highest BCUT2D eigenvalue weighted by atomic mass is 19.1. The fourth-order valence-electron chi connectivity index (χ4n) is 3.73. The lowest BCUT2D eigenvalue weighted by molar-refractivity contribution is 0.0692. The van der Waals surface area contributed by atoms with Gasteiger partial charge in [0.05, 0.1) is 24.0 Å². The van der Waals surface area contributed by atoms with Crippen LogP contribution >= 0.6 is 0 Å². The van der Waals surface area contributed by atoms with Crippen molar-refractivity contribution in [3.8, 4) is 22.4 Å². The minimum absolute atomic E-state index is 0.165. The van der Waals surface area contributed by atoms with E-state index in [-0.39, 0.29) is 12.1 Å². The summed E-state index contributed by atoms with van der Waals surface area (Å²) in [5, 5.41) is 20.7. The molecule has 37 heavy (non-hydrogen) atoms. The Balaban J connectivity index is 1.34. The van der Waals surface area contributed by atoms with Crippen molar-refractivity contribution >= 4 is 17.6 Å². The van der Waals surface area contributed by atoms with E-state index in [4.69, 9.17) is 5.11 Å². The van der Waals surface area contributed by atoms with Gasteiger partial charge >= 0.3 is 5.97 Å². The summed E-state index contributed by atoms with van der Waals surface area (Å²) in [5.74, 6) is -1.82. The predicted molar refractivity (Wildman–Crippen MR) is 134 cm³/mol. The summed E-state index contributed by atoms with van der Waals surface area (Å²) < 4.78 is 17.1. The molecule has 3 heterocycles. The first-order chi connectivity index (χ1) is 17.9. The fraction of sp³-hybridized carbons (Fsp3) is 0.0769. The number of carbonyl (C=O) groups is 1. The van der Waals surface area contributed by atoms with E-state index in [1.165, 1.54) is 28.9 Å². The number of halogens is 1. The third-order valence-corrected chi connectivity index (χ3v) is 5.57. The van der Waals surface area contributed by atoms with Gasteiger partial charge in [0.2, 0.25) is 5.95 Å². The van der Waals surface area contributed by atoms with Gasteiger partial charge in [-0.25, -0.2) is 23.8 Å². The monoisotopic (exact) mass is 497 g/mol. The Morgan fingerprint density at radius 1 is 1.00 bits per heavy atom. The number of carboxylic acids is 1. The summed E-state index contributed by atoms with van der Waals surface area (Å²) in [6, 6.07) is 13.9. The molecule has 0 aliphatic rings. The van der Waals surface area contributed by atoms with Crippen molar-refractivity contribution in [2.24, 2.45) is 7.05 Å². The lowest BCUT2D eigenvalue weighted by atomic mass is 10.1. The number of hydrogen-bond acceptors (Lipinski definition) is 7. The first-order valence-corrected chi connectivity index (χ1v) is 11.1. The molecular formula is C26H20FN7O3. The maximum absolute atomic E-state index is 14.1. The molecule has 0 radical (unpaired) electrons. The van der Waals surface area contributed by atoms with Crippen LogP contribution in [-0.2, 0) is 13.6 Å². The van der Waals surface area contributed by atoms with Crippen LogP contribution in [0.5, 0.6) is 0 Å². The van der Waals surface area contributed by atoms with E-state index < -0.39 is 17.3 Å². The highest BCUT2D eigenvalue weighted by molar-refractivity contribution is 5.88. The lowest BCUT2D eigenvalue weighted by Gasteiger charge is -2.10. The smallest absolute Gasteiger partial charge is 0.338 e. The van der Waals surface area contributed by atoms with Gasteiger partial charge in [0.1, 0.15) is 5.82 Å². The van der Waals surface area contributed by atoms with Crippen LogP contribution < -0.4 is 10.9 Å². The van der Waals surface area contributed by atoms with Crippen LogP contribution in [0.25, 0.3) is 22.4 Å². The van der Waals surface area contributed by atoms with E-state index in [0.29, 0.717) is 17.2 Å². The Bertz CT molecular complexity index is 1660. The lowest BCUT2D eigenvalue weighted by Crippen LogP contribution is -2.22. The maximum atomic E-state index is 14.1. The number of nitrogens with zero attached hydrogens (tertiary/aromatic N) is 6. The van der Waals surface area contributed by atoms with Gasteiger partial charge in [-0.15, -0.1) is 0 Å². The zero-order chi connectivity index (χ0) is 25.9. The normalized spacial score (nSPS) is 10.9. The molecule has 0 saturated carbocycles. The molecule has 10 nitrogen and oxygen atoms in total. The molecule has 2 aromatic carbocycles. The molecule has 2 N–H and O–H groups in total. The van der Waals surface area contributed by atoms with Crippen molar-refractivity contribution in [1.29, 1.82) is 0 Å². The molecule has 0 atom stereocenters. The molecule has 0 bridgehead atoms. The summed E-state index contributed by atoms with van der Waals surface area (Å²) in [7, 11) is 1.84. The van der Waals surface area contributed by atoms with Gasteiger partial charge < -0.3 is 10.4 Å². The summed E-state index contributed by atoms with van der Waals surface area (Å²) >= 11 is 0. The van der Waals surface area contributed by atoms with Crippen LogP contribution in [0.3, 0.4) is 0 Å². The molecule has 0 spiro atoms. The number of rotatable bonds is 7. The van der Waals surface area contributed by atoms with E-state index in [1.807, 2.05) is 37.5 Å². The van der Waals surface area contributed by atoms with Gasteiger partial charge in [0, 0.05) is 54.1 Å². The van der Waals surface area contributed by atoms with Crippen LogP contribution in [0.4, 0.5) is 16.0 Å². The predicted octanol–water partition coefficient (Wildman–Crippen LogP) is 3.73. The van der Waals surface area contributed by atoms with Gasteiger partial charge in [0.15, 0.2) is 0 Å². The third-order valence-electron chi connectivity index (χ3n) is 5.57. The van der Waals surface area contributed by atoms with Gasteiger partial charge in [-0.2, -0.15) is 10.2 Å². The number of aromatic carboxylic acids is 1. The van der Waals surface area contributed by atoms with Crippen molar-refractivity contribution in [2.75, 3.05) is 5.32 Å². The highest BCUT2D eigenvalue weighted by Gasteiger charge is 2.13. The second kappa shape index (κ2) is 9.82. The molecule has 184 valence electrons. The van der Waals surface area contributed by atoms with Crippen LogP contribution in [0.2, 0.25) is 0 Å². The van der Waals surface area contributed by atoms with Crippen LogP contribution in [-0.4, -0.2) is 40.6 Å². The standard InChI is InChI=1S/C26H20FN7O3/c1-33-15-19(13-30-33)18-11-28-26(29-12-18)31-20-4-2-3-16(9-20)14-34-24(35)8-7-23(32-34)17-5-6-21(25(36)37)22(27)10-17/h2-13,15H,14H2,1H3,(H,36,37)(H,28,29,31). The minimum Gasteiger partial charge on any atom is -0.478 e. The molecule has 5 aromatic rings. The Kier molecular flexibility index (Phi) is 6.25. The SMILES string of the molecule is Cn1cc(-c2cnc(Nc3cccc(Cn4nc(-c5ccc(C(=O)O)c(F)c5)ccc4=O)c3)nc2)cn1. The molecule has 0 saturated heterocycles. The quantitative estimate of drug-likeness (QED) is 0.348. The second-order valence-electron chi connectivity index (χ2n) is 8.24. The minimum atomic E-state index is -1.36. The van der Waals surface area contributed by atoms with Gasteiger partial charge in [-0.3, -0.25) is 9.48 Å². The van der Waals surface area contributed by atoms with Crippen molar-refractivity contribution < 1.29 is 14.3 Å². The number of aromatic nitrogens is 6. The second-order valence-corrected chi connectivity index (χ2v) is 8.24. The van der Waals surface area contributed by atoms with Gasteiger partial charge in [0.25, 0.3) is 5.56 Å². The number of aryl methyl sites for hydroxylation is 1. The van der Waals surface area contributed by atoms with Gasteiger partial charge in [-0.1, -0.05) is 18.2 Å². The van der Waals surface area contributed by atoms with Crippen LogP contribution in [0.1, 0.15) is 15.9 Å². The van der Waals surface area contributed by atoms with Gasteiger partial charge in [-0.05, 0) is 35.9 Å². The molecule has 3 aromatic heterocycles. The molecule has 0 fully saturated rings. The van der Waals surface area contributed by atoms with Crippen molar-refractivity contribution in [2.45, 2.75) is 6.54 Å². The van der Waals surface area contributed by atoms with Crippen LogP contribution in [0.15, 0.2) is 84.2 Å². The molecule has 0 amide bonds. The highest BCUT2D eigenvalue weighted by Crippen LogP contribution is 2.21. The molecule has 0 aliphatic heterocycles. The molecule has 11 heteroatoms. The average molecular weight is 497 g/mol. The maximum Gasteiger partial charge on any atom is 0.338 e. The van der Waals surface area contributed by atoms with Crippen molar-refractivity contribution in [1.82, 2.24) is 29.5 Å². The van der Waals surface area contributed by atoms with E-state index in [2.05, 4.69) is 25.5 Å². The topological polar surface area (TPSA) is 128 Å². The zero-order valence-corrected chi connectivity index (χ0v) is 19.5. The molecule has 0 unspecified atom stereocenters. The number of benzene rings is 2. The summed E-state index contributed by atoms with van der Waals surface area (Å²) in [4.78, 5) is 32.2. The van der Waals surface area contributed by atoms with Crippen LogP contribution in [0, 0.1) is 5.82 Å². The Morgan fingerprint density at radius 3 is 2.51 bits per heavy atom. The molecule has 0 aliphatic carbocycles. The number of hydrogen-bond donors (Lipinski definition) is 2. The fourth-order valence-corrected chi connectivity index (χ4v) is 3.73. The first-order valence-electron chi connectivity index (χ1n) is 11.1. The number of carboxylic acid groups (broad SMARTS) is 1. The van der Waals surface area contributed by atoms with Crippen molar-refractivity contribution in [3.05, 3.63) is 107 Å². The van der Waals surface area contributed by atoms with Crippen molar-refractivity contribution in [3.63, 3.8) is 0 Å².